The molecule has 0 saturated heterocycles. The number of nitrogens with zero attached hydrogens (tertiary/aromatic N) is 1. The number of allylic oxidation sites excluding steroid dienone is 1. The summed E-state index contributed by atoms with van der Waals surface area (Å²) in [7, 11) is 1.22. The number of hydrogen-bond donors (Lipinski definition) is 1. The molecule has 0 saturated carbocycles. The van der Waals surface area contributed by atoms with Crippen LogP contribution in [0.3, 0.4) is 0 Å². The fraction of sp³-hybridized carbons (Fsp3) is 0.188. The molecule has 6 nitrogen and oxygen atoms in total. The Bertz CT molecular complexity index is 775. The van der Waals surface area contributed by atoms with Crippen molar-refractivity contribution in [3.63, 3.8) is 0 Å². The Labute approximate surface area is 127 Å². The number of aromatic nitrogens is 1. The average Bonchev–Trinajstić information content (AvgIpc) is 2.47. The molecule has 1 heterocycles. The topological polar surface area (TPSA) is 85.7 Å². The molecule has 1 N–H and O–H groups in total. The van der Waals surface area contributed by atoms with Crippen molar-refractivity contribution in [1.29, 1.82) is 0 Å². The molecule has 0 unspecified atom stereocenters. The Morgan fingerprint density at radius 2 is 1.86 bits per heavy atom. The number of rotatable bonds is 3. The Kier molecular flexibility index (Phi) is 4.41. The molecule has 22 heavy (non-hydrogen) atoms. The molecule has 1 aromatic carbocycles. The third-order valence-electron chi connectivity index (χ3n) is 2.94. The van der Waals surface area contributed by atoms with Crippen molar-refractivity contribution >= 4 is 28.4 Å². The van der Waals surface area contributed by atoms with Crippen LogP contribution in [-0.4, -0.2) is 29.1 Å². The van der Waals surface area contributed by atoms with E-state index in [1.807, 2.05) is 0 Å². The van der Waals surface area contributed by atoms with E-state index in [1.54, 1.807) is 30.3 Å². The molecule has 1 aromatic heterocycles. The zero-order valence-corrected chi connectivity index (χ0v) is 12.4. The second-order valence-electron chi connectivity index (χ2n) is 4.57. The molecule has 114 valence electrons. The van der Waals surface area contributed by atoms with E-state index in [2.05, 4.69) is 9.72 Å². The summed E-state index contributed by atoms with van der Waals surface area (Å²) < 4.78 is 9.77. The van der Waals surface area contributed by atoms with Crippen LogP contribution in [-0.2, 0) is 14.3 Å². The first-order chi connectivity index (χ1) is 10.4. The number of aliphatic hydroxyl groups excluding tert-OH is 1. The second kappa shape index (κ2) is 6.26. The van der Waals surface area contributed by atoms with Gasteiger partial charge in [-0.05, 0) is 19.1 Å². The van der Waals surface area contributed by atoms with Crippen LogP contribution in [0, 0.1) is 0 Å². The highest BCUT2D eigenvalue weighted by atomic mass is 16.5. The lowest BCUT2D eigenvalue weighted by molar-refractivity contribution is -0.134. The van der Waals surface area contributed by atoms with E-state index in [1.165, 1.54) is 21.0 Å². The van der Waals surface area contributed by atoms with Gasteiger partial charge in [0.25, 0.3) is 0 Å². The van der Waals surface area contributed by atoms with E-state index in [9.17, 15) is 14.7 Å². The van der Waals surface area contributed by atoms with E-state index in [0.717, 1.165) is 5.39 Å². The SMILES string of the molecule is COC(=O)/C(=C(\C)O)c1ccc2cccc(OC(C)=O)c2n1. The van der Waals surface area contributed by atoms with Crippen molar-refractivity contribution in [1.82, 2.24) is 4.98 Å². The van der Waals surface area contributed by atoms with Gasteiger partial charge in [-0.25, -0.2) is 9.78 Å². The van der Waals surface area contributed by atoms with Crippen LogP contribution in [0.4, 0.5) is 0 Å². The molecular formula is C16H15NO5. The summed E-state index contributed by atoms with van der Waals surface area (Å²) >= 11 is 0. The van der Waals surface area contributed by atoms with Gasteiger partial charge in [0.2, 0.25) is 0 Å². The number of carbonyl (C=O) groups is 2. The first-order valence-corrected chi connectivity index (χ1v) is 6.50. The monoisotopic (exact) mass is 301 g/mol. The molecule has 0 radical (unpaired) electrons. The molecule has 0 spiro atoms. The number of methoxy groups -OCH3 is 1. The van der Waals surface area contributed by atoms with E-state index >= 15 is 0 Å². The number of ether oxygens (including phenoxy) is 2. The van der Waals surface area contributed by atoms with Gasteiger partial charge in [-0.3, -0.25) is 4.79 Å². The predicted molar refractivity (Wildman–Crippen MR) is 80.3 cm³/mol. The zero-order valence-electron chi connectivity index (χ0n) is 12.4. The molecule has 0 aliphatic rings. The van der Waals surface area contributed by atoms with Crippen molar-refractivity contribution in [3.05, 3.63) is 41.8 Å². The highest BCUT2D eigenvalue weighted by Crippen LogP contribution is 2.27. The van der Waals surface area contributed by atoms with Crippen LogP contribution in [0.5, 0.6) is 5.75 Å². The largest absolute Gasteiger partial charge is 0.512 e. The standard InChI is InChI=1S/C16H15NO5/c1-9(18)14(16(20)21-3)12-8-7-11-5-4-6-13(15(11)17-12)22-10(2)19/h4-8,18H,1-3H3/b14-9+. The first-order valence-electron chi connectivity index (χ1n) is 6.50. The number of pyridine rings is 1. The van der Waals surface area contributed by atoms with Crippen LogP contribution in [0.2, 0.25) is 0 Å². The Morgan fingerprint density at radius 3 is 2.45 bits per heavy atom. The maximum atomic E-state index is 11.8. The average molecular weight is 301 g/mol. The lowest BCUT2D eigenvalue weighted by Gasteiger charge is -2.09. The molecule has 0 aliphatic heterocycles. The van der Waals surface area contributed by atoms with E-state index < -0.39 is 11.9 Å². The van der Waals surface area contributed by atoms with Gasteiger partial charge in [0.05, 0.1) is 12.8 Å². The molecule has 0 amide bonds. The fourth-order valence-corrected chi connectivity index (χ4v) is 2.04. The van der Waals surface area contributed by atoms with Gasteiger partial charge in [-0.2, -0.15) is 0 Å². The Hall–Kier alpha value is -2.89. The molecule has 0 fully saturated rings. The molecule has 2 rings (SSSR count). The summed E-state index contributed by atoms with van der Waals surface area (Å²) in [6.45, 7) is 2.66. The van der Waals surface area contributed by atoms with Gasteiger partial charge >= 0.3 is 11.9 Å². The quantitative estimate of drug-likeness (QED) is 0.406. The number of hydrogen-bond acceptors (Lipinski definition) is 6. The van der Waals surface area contributed by atoms with E-state index in [4.69, 9.17) is 4.74 Å². The van der Waals surface area contributed by atoms with Gasteiger partial charge in [0.15, 0.2) is 5.75 Å². The minimum Gasteiger partial charge on any atom is -0.512 e. The van der Waals surface area contributed by atoms with Crippen LogP contribution in [0.25, 0.3) is 16.5 Å². The van der Waals surface area contributed by atoms with Gasteiger partial charge < -0.3 is 14.6 Å². The second-order valence-corrected chi connectivity index (χ2v) is 4.57. The van der Waals surface area contributed by atoms with Crippen molar-refractivity contribution in [2.45, 2.75) is 13.8 Å². The normalized spacial score (nSPS) is 11.8. The van der Waals surface area contributed by atoms with Crippen LogP contribution < -0.4 is 4.74 Å². The Balaban J connectivity index is 2.65. The number of aliphatic hydroxyl groups is 1. The van der Waals surface area contributed by atoms with Crippen LogP contribution in [0.15, 0.2) is 36.1 Å². The van der Waals surface area contributed by atoms with E-state index in [-0.39, 0.29) is 22.8 Å². The minimum atomic E-state index is -0.697. The number of fused-ring (bicyclic) bond motifs is 1. The number of benzene rings is 1. The fourth-order valence-electron chi connectivity index (χ4n) is 2.04. The smallest absolute Gasteiger partial charge is 0.343 e. The molecular weight excluding hydrogens is 286 g/mol. The highest BCUT2D eigenvalue weighted by molar-refractivity contribution is 6.16. The lowest BCUT2D eigenvalue weighted by atomic mass is 10.1. The summed E-state index contributed by atoms with van der Waals surface area (Å²) in [5.41, 5.74) is 0.610. The number of para-hydroxylation sites is 1. The summed E-state index contributed by atoms with van der Waals surface area (Å²) in [4.78, 5) is 27.3. The first kappa shape index (κ1) is 15.5. The van der Waals surface area contributed by atoms with Crippen molar-refractivity contribution in [2.24, 2.45) is 0 Å². The Morgan fingerprint density at radius 1 is 1.14 bits per heavy atom. The van der Waals surface area contributed by atoms with Gasteiger partial charge in [0.1, 0.15) is 16.8 Å². The number of esters is 2. The molecule has 2 aromatic rings. The van der Waals surface area contributed by atoms with Crippen LogP contribution >= 0.6 is 0 Å². The molecule has 6 heteroatoms. The maximum Gasteiger partial charge on any atom is 0.343 e. The number of carbonyl (C=O) groups excluding carboxylic acids is 2. The maximum absolute atomic E-state index is 11.8. The molecule has 0 bridgehead atoms. The van der Waals surface area contributed by atoms with Crippen molar-refractivity contribution in [3.8, 4) is 5.75 Å². The minimum absolute atomic E-state index is 0.0398. The summed E-state index contributed by atoms with van der Waals surface area (Å²) in [5.74, 6) is -1.09. The molecule has 0 atom stereocenters. The lowest BCUT2D eigenvalue weighted by Crippen LogP contribution is -2.08. The van der Waals surface area contributed by atoms with Gasteiger partial charge in [-0.15, -0.1) is 0 Å². The predicted octanol–water partition coefficient (Wildman–Crippen LogP) is 2.62. The zero-order chi connectivity index (χ0) is 16.3. The van der Waals surface area contributed by atoms with Crippen molar-refractivity contribution in [2.75, 3.05) is 7.11 Å². The summed E-state index contributed by atoms with van der Waals surface area (Å²) in [6, 6.07) is 8.44. The van der Waals surface area contributed by atoms with Gasteiger partial charge in [0, 0.05) is 12.3 Å². The van der Waals surface area contributed by atoms with Crippen molar-refractivity contribution < 1.29 is 24.2 Å². The third kappa shape index (κ3) is 3.06. The van der Waals surface area contributed by atoms with E-state index in [0.29, 0.717) is 5.52 Å². The third-order valence-corrected chi connectivity index (χ3v) is 2.94. The summed E-state index contributed by atoms with van der Waals surface area (Å²) in [5, 5.41) is 10.4. The summed E-state index contributed by atoms with van der Waals surface area (Å²) in [6.07, 6.45) is 0. The van der Waals surface area contributed by atoms with Crippen LogP contribution in [0.1, 0.15) is 19.5 Å². The van der Waals surface area contributed by atoms with Gasteiger partial charge in [-0.1, -0.05) is 18.2 Å². The molecule has 0 aliphatic carbocycles. The highest BCUT2D eigenvalue weighted by Gasteiger charge is 2.19.